The Kier molecular flexibility index (Phi) is 5.58. The smallest absolute Gasteiger partial charge is 0.445 e. The lowest BCUT2D eigenvalue weighted by atomic mass is 10.1. The van der Waals surface area contributed by atoms with Crippen molar-refractivity contribution in [3.63, 3.8) is 0 Å². The van der Waals surface area contributed by atoms with E-state index in [1.54, 1.807) is 22.1 Å². The van der Waals surface area contributed by atoms with Crippen molar-refractivity contribution in [1.82, 2.24) is 25.2 Å². The number of aryl methyl sites for hydroxylation is 1. The van der Waals surface area contributed by atoms with Gasteiger partial charge in [-0.25, -0.2) is 4.79 Å². The van der Waals surface area contributed by atoms with E-state index in [1.807, 2.05) is 13.0 Å². The molecule has 3 aromatic rings. The molecule has 35 heavy (non-hydrogen) atoms. The molecule has 0 unspecified atom stereocenters. The van der Waals surface area contributed by atoms with E-state index in [9.17, 15) is 22.8 Å². The third-order valence-electron chi connectivity index (χ3n) is 6.01. The average molecular weight is 487 g/mol. The summed E-state index contributed by atoms with van der Waals surface area (Å²) in [5.41, 5.74) is 4.14. The van der Waals surface area contributed by atoms with E-state index >= 15 is 0 Å². The molecular formula is C23H20F3N5O4. The average Bonchev–Trinajstić information content (AvgIpc) is 3.51. The van der Waals surface area contributed by atoms with Crippen LogP contribution in [0.4, 0.5) is 18.0 Å². The van der Waals surface area contributed by atoms with E-state index in [4.69, 9.17) is 4.74 Å². The number of nitrogens with zero attached hydrogens (tertiary/aromatic N) is 4. The summed E-state index contributed by atoms with van der Waals surface area (Å²) >= 11 is 0. The third kappa shape index (κ3) is 4.77. The van der Waals surface area contributed by atoms with E-state index in [1.165, 1.54) is 12.1 Å². The Morgan fingerprint density at radius 1 is 1.11 bits per heavy atom. The highest BCUT2D eigenvalue weighted by Crippen LogP contribution is 2.32. The summed E-state index contributed by atoms with van der Waals surface area (Å²) in [7, 11) is 0. The van der Waals surface area contributed by atoms with Crippen LogP contribution in [0.1, 0.15) is 21.5 Å². The van der Waals surface area contributed by atoms with Gasteiger partial charge in [0.15, 0.2) is 0 Å². The minimum atomic E-state index is -4.76. The van der Waals surface area contributed by atoms with Gasteiger partial charge in [0.25, 0.3) is 5.91 Å². The number of hydrogen-bond acceptors (Lipinski definition) is 6. The van der Waals surface area contributed by atoms with E-state index < -0.39 is 12.5 Å². The Hall–Kier alpha value is -4.09. The van der Waals surface area contributed by atoms with Gasteiger partial charge in [-0.2, -0.15) is 15.4 Å². The van der Waals surface area contributed by atoms with Gasteiger partial charge in [-0.15, -0.1) is 13.2 Å². The summed E-state index contributed by atoms with van der Waals surface area (Å²) < 4.78 is 45.9. The fourth-order valence-corrected chi connectivity index (χ4v) is 4.29. The molecule has 3 heterocycles. The Morgan fingerprint density at radius 2 is 1.83 bits per heavy atom. The van der Waals surface area contributed by atoms with Gasteiger partial charge in [0.1, 0.15) is 23.4 Å². The van der Waals surface area contributed by atoms with Crippen LogP contribution in [0.15, 0.2) is 48.2 Å². The summed E-state index contributed by atoms with van der Waals surface area (Å²) in [5, 5.41) is 10.6. The first-order valence-corrected chi connectivity index (χ1v) is 10.8. The van der Waals surface area contributed by atoms with Gasteiger partial charge >= 0.3 is 12.5 Å². The van der Waals surface area contributed by atoms with Crippen LogP contribution in [0, 0.1) is 12.8 Å². The summed E-state index contributed by atoms with van der Waals surface area (Å²) in [6.07, 6.45) is -3.51. The number of aromatic nitrogens is 3. The first-order valence-electron chi connectivity index (χ1n) is 10.8. The van der Waals surface area contributed by atoms with Gasteiger partial charge in [-0.1, -0.05) is 12.1 Å². The van der Waals surface area contributed by atoms with Gasteiger partial charge in [0, 0.05) is 37.3 Å². The van der Waals surface area contributed by atoms with Crippen LogP contribution in [0.3, 0.4) is 0 Å². The minimum absolute atomic E-state index is 0.0152. The molecule has 0 bridgehead atoms. The van der Waals surface area contributed by atoms with E-state index in [0.29, 0.717) is 41.8 Å². The fraction of sp³-hybridized carbons (Fsp3) is 0.304. The maximum absolute atomic E-state index is 13.1. The number of likely N-dealkylation sites (tertiary alicyclic amines) is 1. The lowest BCUT2D eigenvalue weighted by Gasteiger charge is -2.20. The Labute approximate surface area is 197 Å². The maximum Gasteiger partial charge on any atom is 0.573 e. The van der Waals surface area contributed by atoms with Crippen LogP contribution in [-0.2, 0) is 11.3 Å². The second-order valence-corrected chi connectivity index (χ2v) is 8.46. The number of amides is 2. The Balaban J connectivity index is 1.17. The fourth-order valence-electron chi connectivity index (χ4n) is 4.29. The molecule has 182 valence electrons. The zero-order valence-corrected chi connectivity index (χ0v) is 18.5. The lowest BCUT2D eigenvalue weighted by Crippen LogP contribution is -2.33. The van der Waals surface area contributed by atoms with Gasteiger partial charge in [-0.05, 0) is 47.9 Å². The van der Waals surface area contributed by atoms with Crippen molar-refractivity contribution in [2.45, 2.75) is 19.9 Å². The number of carbonyl (C=O) groups is 2. The van der Waals surface area contributed by atoms with Gasteiger partial charge in [-0.3, -0.25) is 4.79 Å². The van der Waals surface area contributed by atoms with Crippen LogP contribution in [-0.4, -0.2) is 63.2 Å². The molecule has 2 aliphatic rings. The second-order valence-electron chi connectivity index (χ2n) is 8.46. The van der Waals surface area contributed by atoms with Crippen molar-refractivity contribution in [2.75, 3.05) is 19.6 Å². The molecule has 1 fully saturated rings. The summed E-state index contributed by atoms with van der Waals surface area (Å²) in [4.78, 5) is 28.8. The normalized spacial score (nSPS) is 17.5. The molecule has 1 N–H and O–H groups in total. The quantitative estimate of drug-likeness (QED) is 0.601. The zero-order valence-electron chi connectivity index (χ0n) is 18.5. The Bertz CT molecular complexity index is 1320. The molecule has 0 radical (unpaired) electrons. The van der Waals surface area contributed by atoms with Crippen LogP contribution >= 0.6 is 0 Å². The highest BCUT2D eigenvalue weighted by molar-refractivity contribution is 5.99. The Morgan fingerprint density at radius 3 is 2.51 bits per heavy atom. The summed E-state index contributed by atoms with van der Waals surface area (Å²) in [5.74, 6) is -0.468. The highest BCUT2D eigenvalue weighted by atomic mass is 19.4. The predicted molar refractivity (Wildman–Crippen MR) is 116 cm³/mol. The molecule has 9 nitrogen and oxygen atoms in total. The monoisotopic (exact) mass is 487 g/mol. The molecule has 2 aliphatic heterocycles. The number of hydrogen-bond donors (Lipinski definition) is 1. The second kappa shape index (κ2) is 8.60. The molecule has 1 saturated heterocycles. The zero-order chi connectivity index (χ0) is 24.7. The number of aromatic amines is 1. The van der Waals surface area contributed by atoms with E-state index in [2.05, 4.69) is 20.1 Å². The number of nitrogens with one attached hydrogen (secondary N) is 1. The number of halogens is 3. The SMILES string of the molecule is Cc1cc2n[nH]nc2cc1C(=O)N1C=C2CN(C(=O)OCc3ccc(OC(F)(F)F)cc3)C[C@@H]2C1. The standard InChI is InChI=1S/C23H20F3N5O4/c1-13-6-19-20(28-29-27-19)7-18(13)21(32)30-8-15-10-31(11-16(15)9-30)22(33)34-12-14-2-4-17(5-3-14)35-23(24,25)26/h2-8,16H,9-12H2,1H3,(H,27,28,29)/t16-/m0/s1. The maximum atomic E-state index is 13.1. The number of fused-ring (bicyclic) bond motifs is 2. The largest absolute Gasteiger partial charge is 0.573 e. The van der Waals surface area contributed by atoms with Crippen molar-refractivity contribution < 1.29 is 32.2 Å². The van der Waals surface area contributed by atoms with Crippen molar-refractivity contribution >= 4 is 23.0 Å². The number of ether oxygens (including phenoxy) is 2. The molecule has 12 heteroatoms. The number of benzene rings is 2. The highest BCUT2D eigenvalue weighted by Gasteiger charge is 2.38. The van der Waals surface area contributed by atoms with E-state index in [-0.39, 0.29) is 24.2 Å². The number of rotatable bonds is 4. The van der Waals surface area contributed by atoms with Crippen LogP contribution in [0.2, 0.25) is 0 Å². The topological polar surface area (TPSA) is 101 Å². The van der Waals surface area contributed by atoms with Crippen LogP contribution < -0.4 is 4.74 Å². The molecule has 5 rings (SSSR count). The molecule has 1 aromatic heterocycles. The number of H-pyrrole nitrogens is 1. The molecule has 2 amide bonds. The first-order chi connectivity index (χ1) is 16.7. The molecule has 0 spiro atoms. The van der Waals surface area contributed by atoms with Gasteiger partial charge in [0.05, 0.1) is 0 Å². The van der Waals surface area contributed by atoms with Gasteiger partial charge < -0.3 is 19.3 Å². The van der Waals surface area contributed by atoms with E-state index in [0.717, 1.165) is 23.3 Å². The van der Waals surface area contributed by atoms with Crippen LogP contribution in [0.5, 0.6) is 5.75 Å². The number of carbonyl (C=O) groups excluding carboxylic acids is 2. The first kappa shape index (κ1) is 22.7. The number of alkyl halides is 3. The molecule has 0 saturated carbocycles. The molecule has 1 atom stereocenters. The summed E-state index contributed by atoms with van der Waals surface area (Å²) in [6, 6.07) is 8.65. The third-order valence-corrected chi connectivity index (χ3v) is 6.01. The van der Waals surface area contributed by atoms with Crippen molar-refractivity contribution in [3.05, 3.63) is 64.9 Å². The predicted octanol–water partition coefficient (Wildman–Crippen LogP) is 3.77. The van der Waals surface area contributed by atoms with Crippen molar-refractivity contribution in [3.8, 4) is 5.75 Å². The molecular weight excluding hydrogens is 467 g/mol. The molecule has 0 aliphatic carbocycles. The van der Waals surface area contributed by atoms with Crippen molar-refractivity contribution in [1.29, 1.82) is 0 Å². The van der Waals surface area contributed by atoms with Crippen molar-refractivity contribution in [2.24, 2.45) is 5.92 Å². The minimum Gasteiger partial charge on any atom is -0.445 e. The molecule has 2 aromatic carbocycles. The summed E-state index contributed by atoms with van der Waals surface area (Å²) in [6.45, 7) is 2.97. The van der Waals surface area contributed by atoms with Crippen LogP contribution in [0.25, 0.3) is 11.0 Å². The lowest BCUT2D eigenvalue weighted by molar-refractivity contribution is -0.274. The van der Waals surface area contributed by atoms with Gasteiger partial charge in [0.2, 0.25) is 0 Å².